The topological polar surface area (TPSA) is 86.4 Å². The lowest BCUT2D eigenvalue weighted by atomic mass is 9.96. The molecule has 2 aromatic heterocycles. The molecule has 1 aromatic carbocycles. The summed E-state index contributed by atoms with van der Waals surface area (Å²) >= 11 is 1.44. The Kier molecular flexibility index (Phi) is 5.02. The van der Waals surface area contributed by atoms with Crippen LogP contribution in [-0.4, -0.2) is 52.2 Å². The molecular weight excluding hydrogens is 388 g/mol. The first-order chi connectivity index (χ1) is 14.0. The molecule has 3 heterocycles. The number of hydrogen-bond acceptors (Lipinski definition) is 5. The number of H-pyrrole nitrogens is 1. The zero-order valence-electron chi connectivity index (χ0n) is 16.1. The molecule has 29 heavy (non-hydrogen) atoms. The summed E-state index contributed by atoms with van der Waals surface area (Å²) in [6.07, 6.45) is 2.05. The van der Waals surface area contributed by atoms with Crippen LogP contribution in [0.15, 0.2) is 46.7 Å². The monoisotopic (exact) mass is 408 g/mol. The SMILES string of the molecule is CN(C)C(=O)c1c2c(c[nH]c1=O)CN(C(=O)c1csc(-c3ccccc3)n1)CC2. The molecule has 1 aliphatic heterocycles. The fourth-order valence-corrected chi connectivity index (χ4v) is 4.24. The van der Waals surface area contributed by atoms with E-state index >= 15 is 0 Å². The van der Waals surface area contributed by atoms with Gasteiger partial charge >= 0.3 is 0 Å². The molecule has 7 nitrogen and oxygen atoms in total. The van der Waals surface area contributed by atoms with Crippen LogP contribution in [0.25, 0.3) is 10.6 Å². The summed E-state index contributed by atoms with van der Waals surface area (Å²) in [5, 5.41) is 2.57. The largest absolute Gasteiger partial charge is 0.345 e. The zero-order valence-corrected chi connectivity index (χ0v) is 17.0. The number of nitrogens with one attached hydrogen (secondary N) is 1. The standard InChI is InChI=1S/C21H20N4O3S/c1-24(2)21(28)17-15-8-9-25(11-14(15)10-22-18(17)26)20(27)16-12-29-19(23-16)13-6-4-3-5-7-13/h3-7,10,12H,8-9,11H2,1-2H3,(H,22,26). The molecule has 3 aromatic rings. The van der Waals surface area contributed by atoms with Crippen LogP contribution >= 0.6 is 11.3 Å². The summed E-state index contributed by atoms with van der Waals surface area (Å²) in [6, 6.07) is 9.74. The van der Waals surface area contributed by atoms with E-state index in [4.69, 9.17) is 0 Å². The van der Waals surface area contributed by atoms with Gasteiger partial charge < -0.3 is 14.8 Å². The minimum atomic E-state index is -0.394. The number of thiazole rings is 1. The van der Waals surface area contributed by atoms with E-state index in [0.717, 1.165) is 21.7 Å². The van der Waals surface area contributed by atoms with Gasteiger partial charge in [-0.15, -0.1) is 11.3 Å². The highest BCUT2D eigenvalue weighted by Crippen LogP contribution is 2.26. The van der Waals surface area contributed by atoms with E-state index in [1.54, 1.807) is 30.6 Å². The van der Waals surface area contributed by atoms with Gasteiger partial charge in [0.15, 0.2) is 0 Å². The van der Waals surface area contributed by atoms with Crippen molar-refractivity contribution in [1.82, 2.24) is 19.8 Å². The molecule has 0 unspecified atom stereocenters. The van der Waals surface area contributed by atoms with Crippen molar-refractivity contribution in [3.05, 3.63) is 74.6 Å². The van der Waals surface area contributed by atoms with Gasteiger partial charge in [0.2, 0.25) is 0 Å². The fraction of sp³-hybridized carbons (Fsp3) is 0.238. The van der Waals surface area contributed by atoms with Gasteiger partial charge in [0, 0.05) is 44.3 Å². The molecule has 0 spiro atoms. The van der Waals surface area contributed by atoms with Crippen molar-refractivity contribution in [2.75, 3.05) is 20.6 Å². The Morgan fingerprint density at radius 3 is 2.69 bits per heavy atom. The molecule has 0 atom stereocenters. The van der Waals surface area contributed by atoms with E-state index in [9.17, 15) is 14.4 Å². The summed E-state index contributed by atoms with van der Waals surface area (Å²) < 4.78 is 0. The number of nitrogens with zero attached hydrogens (tertiary/aromatic N) is 3. The maximum Gasteiger partial charge on any atom is 0.273 e. The van der Waals surface area contributed by atoms with Crippen LogP contribution in [-0.2, 0) is 13.0 Å². The quantitative estimate of drug-likeness (QED) is 0.721. The summed E-state index contributed by atoms with van der Waals surface area (Å²) in [5.41, 5.74) is 2.66. The van der Waals surface area contributed by atoms with Gasteiger partial charge in [-0.25, -0.2) is 4.98 Å². The third-order valence-corrected chi connectivity index (χ3v) is 5.83. The third kappa shape index (κ3) is 3.58. The Morgan fingerprint density at radius 2 is 1.97 bits per heavy atom. The van der Waals surface area contributed by atoms with E-state index in [1.165, 1.54) is 16.2 Å². The van der Waals surface area contributed by atoms with Crippen LogP contribution < -0.4 is 5.56 Å². The van der Waals surface area contributed by atoms with Crippen molar-refractivity contribution >= 4 is 23.2 Å². The Bertz CT molecular complexity index is 1130. The number of fused-ring (bicyclic) bond motifs is 1. The van der Waals surface area contributed by atoms with Crippen LogP contribution in [0.4, 0.5) is 0 Å². The second-order valence-corrected chi connectivity index (χ2v) is 7.93. The predicted molar refractivity (Wildman–Crippen MR) is 111 cm³/mol. The van der Waals surface area contributed by atoms with Gasteiger partial charge in [-0.2, -0.15) is 0 Å². The second-order valence-electron chi connectivity index (χ2n) is 7.08. The van der Waals surface area contributed by atoms with E-state index in [1.807, 2.05) is 30.3 Å². The Morgan fingerprint density at radius 1 is 1.21 bits per heavy atom. The molecule has 1 aliphatic rings. The van der Waals surface area contributed by atoms with Gasteiger partial charge in [-0.05, 0) is 17.5 Å². The highest BCUT2D eigenvalue weighted by atomic mass is 32.1. The number of carbonyl (C=O) groups excluding carboxylic acids is 2. The first-order valence-electron chi connectivity index (χ1n) is 9.21. The molecule has 148 valence electrons. The van der Waals surface area contributed by atoms with E-state index < -0.39 is 5.56 Å². The Balaban J connectivity index is 1.59. The molecule has 0 radical (unpaired) electrons. The molecule has 0 saturated carbocycles. The smallest absolute Gasteiger partial charge is 0.273 e. The van der Waals surface area contributed by atoms with E-state index in [2.05, 4.69) is 9.97 Å². The lowest BCUT2D eigenvalue weighted by Crippen LogP contribution is -2.39. The highest BCUT2D eigenvalue weighted by Gasteiger charge is 2.28. The lowest BCUT2D eigenvalue weighted by molar-refractivity contribution is 0.0728. The normalized spacial score (nSPS) is 13.1. The molecule has 4 rings (SSSR count). The van der Waals surface area contributed by atoms with Crippen molar-refractivity contribution in [2.24, 2.45) is 0 Å². The number of benzene rings is 1. The molecular formula is C21H20N4O3S. The number of carbonyl (C=O) groups is 2. The van der Waals surface area contributed by atoms with Gasteiger partial charge in [0.05, 0.1) is 0 Å². The van der Waals surface area contributed by atoms with Crippen LogP contribution in [0.2, 0.25) is 0 Å². The Labute approximate surface area is 171 Å². The predicted octanol–water partition coefficient (Wildman–Crippen LogP) is 2.40. The fourth-order valence-electron chi connectivity index (χ4n) is 3.44. The van der Waals surface area contributed by atoms with Crippen molar-refractivity contribution < 1.29 is 9.59 Å². The van der Waals surface area contributed by atoms with Gasteiger partial charge in [-0.1, -0.05) is 30.3 Å². The van der Waals surface area contributed by atoms with Crippen LogP contribution in [0.1, 0.15) is 32.0 Å². The maximum atomic E-state index is 13.0. The molecule has 8 heteroatoms. The van der Waals surface area contributed by atoms with E-state index in [-0.39, 0.29) is 17.4 Å². The second kappa shape index (κ2) is 7.63. The number of aromatic nitrogens is 2. The molecule has 1 N–H and O–H groups in total. The summed E-state index contributed by atoms with van der Waals surface area (Å²) in [7, 11) is 3.23. The number of rotatable bonds is 3. The minimum Gasteiger partial charge on any atom is -0.345 e. The zero-order chi connectivity index (χ0) is 20.5. The lowest BCUT2D eigenvalue weighted by Gasteiger charge is -2.29. The summed E-state index contributed by atoms with van der Waals surface area (Å²) in [6.45, 7) is 0.762. The number of pyridine rings is 1. The number of amides is 2. The van der Waals surface area contributed by atoms with Crippen molar-refractivity contribution in [1.29, 1.82) is 0 Å². The van der Waals surface area contributed by atoms with Gasteiger partial charge in [-0.3, -0.25) is 14.4 Å². The maximum absolute atomic E-state index is 13.0. The molecule has 2 amide bonds. The average molecular weight is 408 g/mol. The van der Waals surface area contributed by atoms with Gasteiger partial charge in [0.1, 0.15) is 16.3 Å². The summed E-state index contributed by atoms with van der Waals surface area (Å²) in [4.78, 5) is 47.9. The van der Waals surface area contributed by atoms with E-state index in [0.29, 0.717) is 25.2 Å². The minimum absolute atomic E-state index is 0.152. The third-order valence-electron chi connectivity index (χ3n) is 4.94. The first-order valence-corrected chi connectivity index (χ1v) is 10.1. The molecule has 0 aliphatic carbocycles. The first kappa shape index (κ1) is 19.1. The van der Waals surface area contributed by atoms with Crippen LogP contribution in [0, 0.1) is 0 Å². The van der Waals surface area contributed by atoms with Crippen molar-refractivity contribution in [3.8, 4) is 10.6 Å². The van der Waals surface area contributed by atoms with Crippen LogP contribution in [0.5, 0.6) is 0 Å². The molecule has 0 fully saturated rings. The highest BCUT2D eigenvalue weighted by molar-refractivity contribution is 7.13. The Hall–Kier alpha value is -3.26. The van der Waals surface area contributed by atoms with Crippen molar-refractivity contribution in [3.63, 3.8) is 0 Å². The number of hydrogen-bond donors (Lipinski definition) is 1. The van der Waals surface area contributed by atoms with Gasteiger partial charge in [0.25, 0.3) is 17.4 Å². The molecule has 0 saturated heterocycles. The average Bonchev–Trinajstić information content (AvgIpc) is 3.23. The summed E-state index contributed by atoms with van der Waals surface area (Å²) in [5.74, 6) is -0.476. The number of aromatic amines is 1. The molecule has 0 bridgehead atoms. The van der Waals surface area contributed by atoms with Crippen molar-refractivity contribution in [2.45, 2.75) is 13.0 Å². The van der Waals surface area contributed by atoms with Crippen LogP contribution in [0.3, 0.4) is 0 Å².